The molecule has 0 aliphatic carbocycles. The topological polar surface area (TPSA) is 144 Å². The number of rotatable bonds is 6. The molecule has 0 unspecified atom stereocenters. The molecule has 8 nitrogen and oxygen atoms in total. The van der Waals surface area contributed by atoms with Crippen LogP contribution in [0, 0.1) is 0 Å². The molecule has 4 N–H and O–H groups in total. The summed E-state index contributed by atoms with van der Waals surface area (Å²) in [6, 6.07) is 3.34. The highest BCUT2D eigenvalue weighted by Gasteiger charge is 2.22. The Bertz CT molecular complexity index is 724. The van der Waals surface area contributed by atoms with E-state index in [0.717, 1.165) is 18.4 Å². The monoisotopic (exact) mass is 322 g/mol. The van der Waals surface area contributed by atoms with Crippen molar-refractivity contribution >= 4 is 31.5 Å². The van der Waals surface area contributed by atoms with Gasteiger partial charge in [0.1, 0.15) is 9.84 Å². The summed E-state index contributed by atoms with van der Waals surface area (Å²) in [5.41, 5.74) is 5.08. The van der Waals surface area contributed by atoms with E-state index in [-0.39, 0.29) is 12.2 Å². The van der Waals surface area contributed by atoms with Crippen molar-refractivity contribution in [3.63, 3.8) is 0 Å². The Kier molecular flexibility index (Phi) is 4.73. The van der Waals surface area contributed by atoms with Crippen LogP contribution in [0.3, 0.4) is 0 Å². The minimum atomic E-state index is -4.16. The van der Waals surface area contributed by atoms with E-state index in [9.17, 15) is 21.6 Å². The maximum Gasteiger partial charge on any atom is 0.337 e. The fourth-order valence-corrected chi connectivity index (χ4v) is 3.24. The minimum Gasteiger partial charge on any atom is -0.478 e. The summed E-state index contributed by atoms with van der Waals surface area (Å²) in [6.07, 6.45) is 0.963. The molecule has 0 aliphatic heterocycles. The molecule has 0 bridgehead atoms. The molecule has 112 valence electrons. The van der Waals surface area contributed by atoms with Crippen molar-refractivity contribution in [3.05, 3.63) is 23.8 Å². The van der Waals surface area contributed by atoms with Crippen LogP contribution >= 0.6 is 0 Å². The SMILES string of the molecule is CS(=O)(=O)CCNS(=O)(=O)c1cc(N)ccc1C(=O)O. The molecule has 0 atom stereocenters. The third-order valence-corrected chi connectivity index (χ3v) is 4.74. The molecule has 0 amide bonds. The average molecular weight is 322 g/mol. The maximum absolute atomic E-state index is 12.0. The molecule has 20 heavy (non-hydrogen) atoms. The second-order valence-electron chi connectivity index (χ2n) is 4.09. The third-order valence-electron chi connectivity index (χ3n) is 2.29. The van der Waals surface area contributed by atoms with Crippen molar-refractivity contribution < 1.29 is 26.7 Å². The van der Waals surface area contributed by atoms with E-state index in [1.165, 1.54) is 6.07 Å². The standard InChI is InChI=1S/C10H14N2O6S2/c1-19(15,16)5-4-12-20(17,18)9-6-7(11)2-3-8(9)10(13)14/h2-3,6,12H,4-5,11H2,1H3,(H,13,14). The first-order chi connectivity index (χ1) is 9.03. The largest absolute Gasteiger partial charge is 0.478 e. The first kappa shape index (κ1) is 16.4. The number of nitrogens with two attached hydrogens (primary N) is 1. The van der Waals surface area contributed by atoms with E-state index >= 15 is 0 Å². The molecule has 0 aromatic heterocycles. The van der Waals surface area contributed by atoms with Crippen LogP contribution in [0.15, 0.2) is 23.1 Å². The van der Waals surface area contributed by atoms with Gasteiger partial charge in [0, 0.05) is 18.5 Å². The minimum absolute atomic E-state index is 0.0819. The number of anilines is 1. The lowest BCUT2D eigenvalue weighted by Gasteiger charge is -2.09. The average Bonchev–Trinajstić information content (AvgIpc) is 2.26. The lowest BCUT2D eigenvalue weighted by atomic mass is 10.2. The number of sulfonamides is 1. The predicted octanol–water partition coefficient (Wildman–Crippen LogP) is -0.710. The van der Waals surface area contributed by atoms with Crippen LogP contribution in [-0.4, -0.2) is 46.5 Å². The van der Waals surface area contributed by atoms with Gasteiger partial charge in [0.2, 0.25) is 10.0 Å². The number of carboxylic acids is 1. The number of sulfone groups is 1. The summed E-state index contributed by atoms with van der Waals surface area (Å²) in [5, 5.41) is 8.95. The zero-order chi connectivity index (χ0) is 15.6. The van der Waals surface area contributed by atoms with E-state index in [0.29, 0.717) is 0 Å². The van der Waals surface area contributed by atoms with Crippen molar-refractivity contribution in [2.75, 3.05) is 24.3 Å². The summed E-state index contributed by atoms with van der Waals surface area (Å²) >= 11 is 0. The van der Waals surface area contributed by atoms with E-state index in [2.05, 4.69) is 0 Å². The molecule has 0 fully saturated rings. The molecule has 1 aromatic rings. The molecular formula is C10H14N2O6S2. The highest BCUT2D eigenvalue weighted by molar-refractivity contribution is 7.91. The Balaban J connectivity index is 3.09. The van der Waals surface area contributed by atoms with Crippen LogP contribution in [0.4, 0.5) is 5.69 Å². The van der Waals surface area contributed by atoms with Gasteiger partial charge in [-0.1, -0.05) is 0 Å². The predicted molar refractivity (Wildman–Crippen MR) is 72.7 cm³/mol. The van der Waals surface area contributed by atoms with Gasteiger partial charge in [-0.2, -0.15) is 0 Å². The Labute approximate surface area is 116 Å². The van der Waals surface area contributed by atoms with Gasteiger partial charge >= 0.3 is 5.97 Å². The Morgan fingerprint density at radius 3 is 2.40 bits per heavy atom. The van der Waals surface area contributed by atoms with Gasteiger partial charge in [-0.25, -0.2) is 26.4 Å². The van der Waals surface area contributed by atoms with Gasteiger partial charge in [0.05, 0.1) is 16.2 Å². The van der Waals surface area contributed by atoms with Crippen molar-refractivity contribution in [2.24, 2.45) is 0 Å². The Hall–Kier alpha value is -1.65. The number of benzene rings is 1. The van der Waals surface area contributed by atoms with Gasteiger partial charge < -0.3 is 10.8 Å². The summed E-state index contributed by atoms with van der Waals surface area (Å²) in [5.74, 6) is -1.81. The summed E-state index contributed by atoms with van der Waals surface area (Å²) in [7, 11) is -7.49. The fourth-order valence-electron chi connectivity index (χ4n) is 1.38. The van der Waals surface area contributed by atoms with E-state index < -0.39 is 42.0 Å². The summed E-state index contributed by atoms with van der Waals surface area (Å²) < 4.78 is 47.8. The van der Waals surface area contributed by atoms with Crippen molar-refractivity contribution in [1.82, 2.24) is 4.72 Å². The molecular weight excluding hydrogens is 308 g/mol. The van der Waals surface area contributed by atoms with Crippen LogP contribution in [0.5, 0.6) is 0 Å². The quantitative estimate of drug-likeness (QED) is 0.587. The van der Waals surface area contributed by atoms with Gasteiger partial charge in [-0.3, -0.25) is 0 Å². The van der Waals surface area contributed by atoms with Crippen molar-refractivity contribution in [1.29, 1.82) is 0 Å². The van der Waals surface area contributed by atoms with Crippen molar-refractivity contribution in [3.8, 4) is 0 Å². The molecule has 0 radical (unpaired) electrons. The van der Waals surface area contributed by atoms with Crippen LogP contribution in [0.1, 0.15) is 10.4 Å². The lowest BCUT2D eigenvalue weighted by molar-refractivity contribution is 0.0692. The molecule has 0 spiro atoms. The van der Waals surface area contributed by atoms with Crippen LogP contribution in [0.25, 0.3) is 0 Å². The molecule has 0 saturated carbocycles. The number of nitrogens with one attached hydrogen (secondary N) is 1. The number of hydrogen-bond donors (Lipinski definition) is 3. The highest BCUT2D eigenvalue weighted by Crippen LogP contribution is 2.19. The summed E-state index contributed by atoms with van der Waals surface area (Å²) in [4.78, 5) is 10.5. The Morgan fingerprint density at radius 1 is 1.30 bits per heavy atom. The smallest absolute Gasteiger partial charge is 0.337 e. The Morgan fingerprint density at radius 2 is 1.90 bits per heavy atom. The zero-order valence-corrected chi connectivity index (χ0v) is 12.2. The fraction of sp³-hybridized carbons (Fsp3) is 0.300. The number of aromatic carboxylic acids is 1. The van der Waals surface area contributed by atoms with Gasteiger partial charge in [-0.05, 0) is 18.2 Å². The number of carbonyl (C=O) groups is 1. The molecule has 10 heteroatoms. The van der Waals surface area contributed by atoms with Gasteiger partial charge in [-0.15, -0.1) is 0 Å². The molecule has 0 aliphatic rings. The third kappa shape index (κ3) is 4.47. The van der Waals surface area contributed by atoms with E-state index in [1.807, 2.05) is 4.72 Å². The highest BCUT2D eigenvalue weighted by atomic mass is 32.2. The van der Waals surface area contributed by atoms with Crippen LogP contribution in [0.2, 0.25) is 0 Å². The van der Waals surface area contributed by atoms with Crippen molar-refractivity contribution in [2.45, 2.75) is 4.90 Å². The number of carboxylic acid groups (broad SMARTS) is 1. The zero-order valence-electron chi connectivity index (χ0n) is 10.5. The molecule has 0 heterocycles. The molecule has 1 rings (SSSR count). The maximum atomic E-state index is 12.0. The first-order valence-electron chi connectivity index (χ1n) is 5.33. The molecule has 0 saturated heterocycles. The second kappa shape index (κ2) is 5.77. The molecule has 1 aromatic carbocycles. The first-order valence-corrected chi connectivity index (χ1v) is 8.87. The van der Waals surface area contributed by atoms with Gasteiger partial charge in [0.25, 0.3) is 0 Å². The van der Waals surface area contributed by atoms with Gasteiger partial charge in [0.15, 0.2) is 0 Å². The summed E-state index contributed by atoms with van der Waals surface area (Å²) in [6.45, 7) is -0.352. The lowest BCUT2D eigenvalue weighted by Crippen LogP contribution is -2.30. The normalized spacial score (nSPS) is 12.2. The van der Waals surface area contributed by atoms with E-state index in [4.69, 9.17) is 10.8 Å². The van der Waals surface area contributed by atoms with Crippen LogP contribution in [-0.2, 0) is 19.9 Å². The second-order valence-corrected chi connectivity index (χ2v) is 8.08. The van der Waals surface area contributed by atoms with E-state index in [1.54, 1.807) is 0 Å². The number of nitrogen functional groups attached to an aromatic ring is 1. The number of hydrogen-bond acceptors (Lipinski definition) is 6. The van der Waals surface area contributed by atoms with Crippen LogP contribution < -0.4 is 10.5 Å².